The van der Waals surface area contributed by atoms with Gasteiger partial charge in [0.2, 0.25) is 0 Å². The van der Waals surface area contributed by atoms with Crippen molar-refractivity contribution in [3.8, 4) is 0 Å². The Hall–Kier alpha value is -1.69. The summed E-state index contributed by atoms with van der Waals surface area (Å²) in [5.74, 6) is 0.794. The van der Waals surface area contributed by atoms with Crippen LogP contribution in [0.1, 0.15) is 6.42 Å². The zero-order valence-corrected chi connectivity index (χ0v) is 11.2. The van der Waals surface area contributed by atoms with Crippen LogP contribution in [0.25, 0.3) is 10.9 Å². The lowest BCUT2D eigenvalue weighted by Gasteiger charge is -2.12. The molecule has 0 amide bonds. The molecule has 1 aliphatic heterocycles. The number of rotatable bonds is 3. The molecule has 0 radical (unpaired) electrons. The number of nitrogens with zero attached hydrogens (tertiary/aromatic N) is 2. The minimum absolute atomic E-state index is 0.192. The average molecular weight is 277 g/mol. The van der Waals surface area contributed by atoms with Gasteiger partial charge < -0.3 is 5.32 Å². The highest BCUT2D eigenvalue weighted by Gasteiger charge is 2.27. The zero-order valence-electron chi connectivity index (χ0n) is 10.4. The highest BCUT2D eigenvalue weighted by Crippen LogP contribution is 2.22. The smallest absolute Gasteiger partial charge is 0.150 e. The van der Waals surface area contributed by atoms with Gasteiger partial charge in [-0.1, -0.05) is 18.2 Å². The van der Waals surface area contributed by atoms with Gasteiger partial charge in [0.05, 0.1) is 28.9 Å². The molecule has 6 heteroatoms. The fourth-order valence-corrected chi connectivity index (χ4v) is 4.30. The maximum atomic E-state index is 11.4. The van der Waals surface area contributed by atoms with Gasteiger partial charge in [0.1, 0.15) is 0 Å². The van der Waals surface area contributed by atoms with Crippen molar-refractivity contribution in [3.63, 3.8) is 0 Å². The van der Waals surface area contributed by atoms with Gasteiger partial charge in [-0.2, -0.15) is 10.2 Å². The normalized spacial score (nSPS) is 21.6. The summed E-state index contributed by atoms with van der Waals surface area (Å²) in [7, 11) is -2.81. The lowest BCUT2D eigenvalue weighted by atomic mass is 10.1. The van der Waals surface area contributed by atoms with Gasteiger partial charge in [0, 0.05) is 11.9 Å². The van der Waals surface area contributed by atoms with E-state index < -0.39 is 9.84 Å². The van der Waals surface area contributed by atoms with Crippen LogP contribution in [-0.2, 0) is 9.84 Å². The van der Waals surface area contributed by atoms with Crippen LogP contribution in [0, 0.1) is 5.92 Å². The van der Waals surface area contributed by atoms with E-state index >= 15 is 0 Å². The molecule has 1 aromatic carbocycles. The number of sulfone groups is 1. The summed E-state index contributed by atoms with van der Waals surface area (Å²) in [5, 5.41) is 12.3. The summed E-state index contributed by atoms with van der Waals surface area (Å²) < 4.78 is 22.8. The fraction of sp³-hybridized carbons (Fsp3) is 0.385. The van der Waals surface area contributed by atoms with Crippen LogP contribution >= 0.6 is 0 Å². The molecule has 100 valence electrons. The first-order chi connectivity index (χ1) is 9.14. The lowest BCUT2D eigenvalue weighted by molar-refractivity contribution is 0.596. The molecule has 1 N–H and O–H groups in total. The third kappa shape index (κ3) is 2.68. The van der Waals surface area contributed by atoms with Gasteiger partial charge in [0.25, 0.3) is 0 Å². The number of hydrogen-bond donors (Lipinski definition) is 1. The van der Waals surface area contributed by atoms with Gasteiger partial charge in [-0.25, -0.2) is 8.42 Å². The van der Waals surface area contributed by atoms with Crippen molar-refractivity contribution in [2.75, 3.05) is 23.4 Å². The molecular formula is C13H15N3O2S. The molecule has 2 aromatic rings. The average Bonchev–Trinajstić information content (AvgIpc) is 2.76. The van der Waals surface area contributed by atoms with Crippen molar-refractivity contribution in [3.05, 3.63) is 30.5 Å². The second-order valence-corrected chi connectivity index (χ2v) is 7.15. The van der Waals surface area contributed by atoms with Crippen LogP contribution in [-0.4, -0.2) is 36.7 Å². The van der Waals surface area contributed by atoms with Crippen molar-refractivity contribution >= 4 is 26.4 Å². The Morgan fingerprint density at radius 1 is 1.32 bits per heavy atom. The summed E-state index contributed by atoms with van der Waals surface area (Å²) in [4.78, 5) is 0. The zero-order chi connectivity index (χ0) is 13.3. The summed E-state index contributed by atoms with van der Waals surface area (Å²) >= 11 is 0. The van der Waals surface area contributed by atoms with E-state index in [0.717, 1.165) is 23.0 Å². The quantitative estimate of drug-likeness (QED) is 0.920. The Labute approximate surface area is 112 Å². The maximum Gasteiger partial charge on any atom is 0.150 e. The molecule has 1 unspecified atom stereocenters. The van der Waals surface area contributed by atoms with Crippen molar-refractivity contribution in [1.82, 2.24) is 10.2 Å². The van der Waals surface area contributed by atoms with E-state index in [1.807, 2.05) is 24.3 Å². The largest absolute Gasteiger partial charge is 0.383 e. The van der Waals surface area contributed by atoms with E-state index in [1.54, 1.807) is 6.20 Å². The predicted octanol–water partition coefficient (Wildman–Crippen LogP) is 1.48. The third-order valence-electron chi connectivity index (χ3n) is 3.45. The topological polar surface area (TPSA) is 72.0 Å². The molecule has 5 nitrogen and oxygen atoms in total. The van der Waals surface area contributed by atoms with Crippen LogP contribution in [0.15, 0.2) is 30.5 Å². The van der Waals surface area contributed by atoms with Crippen LogP contribution < -0.4 is 5.32 Å². The summed E-state index contributed by atoms with van der Waals surface area (Å²) in [5.41, 5.74) is 1.75. The van der Waals surface area contributed by atoms with Crippen LogP contribution in [0.2, 0.25) is 0 Å². The molecule has 1 aliphatic rings. The van der Waals surface area contributed by atoms with Gasteiger partial charge >= 0.3 is 0 Å². The number of aromatic nitrogens is 2. The molecule has 2 heterocycles. The minimum Gasteiger partial charge on any atom is -0.383 e. The van der Waals surface area contributed by atoms with Crippen molar-refractivity contribution < 1.29 is 8.42 Å². The molecule has 0 spiro atoms. The first kappa shape index (κ1) is 12.3. The first-order valence-electron chi connectivity index (χ1n) is 6.29. The predicted molar refractivity (Wildman–Crippen MR) is 74.8 cm³/mol. The molecule has 1 aromatic heterocycles. The van der Waals surface area contributed by atoms with E-state index in [9.17, 15) is 8.42 Å². The molecule has 0 bridgehead atoms. The van der Waals surface area contributed by atoms with E-state index in [1.165, 1.54) is 0 Å². The molecule has 1 fully saturated rings. The molecule has 1 atom stereocenters. The van der Waals surface area contributed by atoms with Gasteiger partial charge in [-0.3, -0.25) is 0 Å². The molecule has 1 saturated heterocycles. The number of anilines is 1. The molecule has 3 rings (SSSR count). The monoisotopic (exact) mass is 277 g/mol. The third-order valence-corrected chi connectivity index (χ3v) is 5.29. The van der Waals surface area contributed by atoms with E-state index in [2.05, 4.69) is 15.5 Å². The maximum absolute atomic E-state index is 11.4. The van der Waals surface area contributed by atoms with E-state index in [4.69, 9.17) is 0 Å². The molecule has 0 saturated carbocycles. The van der Waals surface area contributed by atoms with Gasteiger partial charge in [0.15, 0.2) is 9.84 Å². The van der Waals surface area contributed by atoms with Crippen molar-refractivity contribution in [1.29, 1.82) is 0 Å². The first-order valence-corrected chi connectivity index (χ1v) is 8.11. The molecule has 19 heavy (non-hydrogen) atoms. The Kier molecular flexibility index (Phi) is 3.10. The highest BCUT2D eigenvalue weighted by molar-refractivity contribution is 7.91. The van der Waals surface area contributed by atoms with Crippen LogP contribution in [0.5, 0.6) is 0 Å². The van der Waals surface area contributed by atoms with E-state index in [-0.39, 0.29) is 11.7 Å². The molecular weight excluding hydrogens is 262 g/mol. The Morgan fingerprint density at radius 2 is 2.16 bits per heavy atom. The van der Waals surface area contributed by atoms with Crippen molar-refractivity contribution in [2.24, 2.45) is 5.92 Å². The second kappa shape index (κ2) is 4.77. The SMILES string of the molecule is O=S1(=O)CCC(CNc2cnnc3ccccc23)C1. The second-order valence-electron chi connectivity index (χ2n) is 4.93. The lowest BCUT2D eigenvalue weighted by Crippen LogP contribution is -2.16. The van der Waals surface area contributed by atoms with E-state index in [0.29, 0.717) is 12.3 Å². The minimum atomic E-state index is -2.81. The summed E-state index contributed by atoms with van der Waals surface area (Å²) in [6.45, 7) is 0.662. The Morgan fingerprint density at radius 3 is 2.95 bits per heavy atom. The summed E-state index contributed by atoms with van der Waals surface area (Å²) in [6, 6.07) is 7.77. The Bertz CT molecular complexity index is 695. The number of fused-ring (bicyclic) bond motifs is 1. The van der Waals surface area contributed by atoms with Gasteiger partial charge in [-0.15, -0.1) is 0 Å². The summed E-state index contributed by atoms with van der Waals surface area (Å²) in [6.07, 6.45) is 2.43. The number of nitrogens with one attached hydrogen (secondary N) is 1. The van der Waals surface area contributed by atoms with Crippen LogP contribution in [0.3, 0.4) is 0 Å². The van der Waals surface area contributed by atoms with Crippen molar-refractivity contribution in [2.45, 2.75) is 6.42 Å². The molecule has 0 aliphatic carbocycles. The van der Waals surface area contributed by atoms with Gasteiger partial charge in [-0.05, 0) is 18.4 Å². The number of benzene rings is 1. The fourth-order valence-electron chi connectivity index (χ4n) is 2.44. The standard InChI is InChI=1S/C13H15N3O2S/c17-19(18)6-5-10(9-19)7-14-13-8-15-16-12-4-2-1-3-11(12)13/h1-4,8,10H,5-7,9H2,(H,14,16). The number of hydrogen-bond acceptors (Lipinski definition) is 5. The Balaban J connectivity index is 1.76. The highest BCUT2D eigenvalue weighted by atomic mass is 32.2. The van der Waals surface area contributed by atoms with Crippen LogP contribution in [0.4, 0.5) is 5.69 Å².